The first kappa shape index (κ1) is 11.6. The number of aromatic nitrogens is 1. The van der Waals surface area contributed by atoms with Crippen LogP contribution in [0.25, 0.3) is 0 Å². The Kier molecular flexibility index (Phi) is 3.63. The molecule has 0 spiro atoms. The summed E-state index contributed by atoms with van der Waals surface area (Å²) in [5.41, 5.74) is 0.561. The van der Waals surface area contributed by atoms with Crippen LogP contribution in [0.2, 0.25) is 9.49 Å². The summed E-state index contributed by atoms with van der Waals surface area (Å²) in [6, 6.07) is 4.63. The Morgan fingerprint density at radius 1 is 1.38 bits per heavy atom. The average Bonchev–Trinajstić information content (AvgIpc) is 2.67. The fourth-order valence-electron chi connectivity index (χ4n) is 1.19. The molecular weight excluding hydrogens is 270 g/mol. The summed E-state index contributed by atoms with van der Waals surface area (Å²) in [6.45, 7) is 0.521. The van der Waals surface area contributed by atoms with Crippen LogP contribution in [0.15, 0.2) is 24.4 Å². The molecule has 0 radical (unpaired) electrons. The molecule has 6 heteroatoms. The molecule has 1 aromatic heterocycles. The van der Waals surface area contributed by atoms with Gasteiger partial charge in [-0.2, -0.15) is 0 Å². The summed E-state index contributed by atoms with van der Waals surface area (Å²) in [6.07, 6.45) is 1.67. The van der Waals surface area contributed by atoms with E-state index < -0.39 is 5.82 Å². The van der Waals surface area contributed by atoms with E-state index in [1.54, 1.807) is 18.3 Å². The van der Waals surface area contributed by atoms with E-state index >= 15 is 0 Å². The highest BCUT2D eigenvalue weighted by Gasteiger charge is 2.05. The molecule has 0 saturated heterocycles. The molecule has 0 aliphatic heterocycles. The lowest BCUT2D eigenvalue weighted by atomic mass is 10.3. The lowest BCUT2D eigenvalue weighted by molar-refractivity contribution is 0.628. The Morgan fingerprint density at radius 3 is 2.88 bits per heavy atom. The van der Waals surface area contributed by atoms with E-state index in [9.17, 15) is 4.39 Å². The third-order valence-corrected chi connectivity index (χ3v) is 3.43. The summed E-state index contributed by atoms with van der Waals surface area (Å²) in [5, 5.41) is 3.12. The van der Waals surface area contributed by atoms with Crippen molar-refractivity contribution >= 4 is 40.2 Å². The molecule has 2 aromatic rings. The van der Waals surface area contributed by atoms with Gasteiger partial charge in [0, 0.05) is 11.1 Å². The van der Waals surface area contributed by atoms with E-state index in [0.717, 1.165) is 4.88 Å². The summed E-state index contributed by atoms with van der Waals surface area (Å²) in [5.74, 6) is -0.436. The molecule has 2 nitrogen and oxygen atoms in total. The van der Waals surface area contributed by atoms with Gasteiger partial charge in [0.2, 0.25) is 0 Å². The fourth-order valence-corrected chi connectivity index (χ4v) is 2.30. The van der Waals surface area contributed by atoms with Crippen molar-refractivity contribution in [3.05, 3.63) is 44.6 Å². The highest BCUT2D eigenvalue weighted by Crippen LogP contribution is 2.26. The van der Waals surface area contributed by atoms with Crippen LogP contribution in [0.1, 0.15) is 4.88 Å². The van der Waals surface area contributed by atoms with Crippen molar-refractivity contribution in [3.8, 4) is 0 Å². The number of hydrogen-bond acceptors (Lipinski definition) is 3. The van der Waals surface area contributed by atoms with E-state index in [0.29, 0.717) is 16.7 Å². The van der Waals surface area contributed by atoms with Gasteiger partial charge in [0.05, 0.1) is 17.3 Å². The molecule has 0 saturated carbocycles. The first-order valence-electron chi connectivity index (χ1n) is 4.45. The van der Waals surface area contributed by atoms with Gasteiger partial charge in [-0.15, -0.1) is 11.3 Å². The molecule has 1 N–H and O–H groups in total. The van der Waals surface area contributed by atoms with Crippen LogP contribution >= 0.6 is 34.5 Å². The molecule has 2 rings (SSSR count). The Hall–Kier alpha value is -0.840. The van der Waals surface area contributed by atoms with Gasteiger partial charge in [0.25, 0.3) is 0 Å². The zero-order valence-electron chi connectivity index (χ0n) is 8.01. The first-order chi connectivity index (χ1) is 7.66. The second-order valence-corrected chi connectivity index (χ2v) is 5.11. The molecule has 84 valence electrons. The van der Waals surface area contributed by atoms with Gasteiger partial charge in [-0.3, -0.25) is 0 Å². The molecule has 0 fully saturated rings. The van der Waals surface area contributed by atoms with Crippen molar-refractivity contribution in [2.24, 2.45) is 0 Å². The van der Waals surface area contributed by atoms with Gasteiger partial charge in [0.15, 0.2) is 4.47 Å². The average molecular weight is 277 g/mol. The maximum absolute atomic E-state index is 13.1. The van der Waals surface area contributed by atoms with E-state index in [1.807, 2.05) is 0 Å². The quantitative estimate of drug-likeness (QED) is 0.909. The van der Waals surface area contributed by atoms with Gasteiger partial charge < -0.3 is 5.32 Å². The van der Waals surface area contributed by atoms with Crippen molar-refractivity contribution in [1.82, 2.24) is 4.98 Å². The molecule has 1 heterocycles. The third kappa shape index (κ3) is 2.64. The number of rotatable bonds is 3. The largest absolute Gasteiger partial charge is 0.379 e. The van der Waals surface area contributed by atoms with Crippen LogP contribution in [0.3, 0.4) is 0 Å². The number of halogens is 3. The standard InChI is InChI=1S/C10H7Cl2FN2S/c11-9-7(13)2-1-3-8(9)14-4-6-5-15-10(12)16-6/h1-3,5,14H,4H2. The monoisotopic (exact) mass is 276 g/mol. The summed E-state index contributed by atoms with van der Waals surface area (Å²) < 4.78 is 13.6. The minimum absolute atomic E-state index is 0.0955. The van der Waals surface area contributed by atoms with Crippen LogP contribution < -0.4 is 5.32 Å². The van der Waals surface area contributed by atoms with E-state index in [4.69, 9.17) is 23.2 Å². The normalized spacial score (nSPS) is 10.4. The molecule has 0 aliphatic rings. The lowest BCUT2D eigenvalue weighted by Gasteiger charge is -2.06. The van der Waals surface area contributed by atoms with Crippen LogP contribution in [0.5, 0.6) is 0 Å². The smallest absolute Gasteiger partial charge is 0.183 e. The summed E-state index contributed by atoms with van der Waals surface area (Å²) in [7, 11) is 0. The van der Waals surface area contributed by atoms with E-state index in [-0.39, 0.29) is 5.02 Å². The second kappa shape index (κ2) is 4.99. The predicted molar refractivity (Wildman–Crippen MR) is 65.9 cm³/mol. The molecule has 0 amide bonds. The summed E-state index contributed by atoms with van der Waals surface area (Å²) >= 11 is 12.9. The zero-order valence-corrected chi connectivity index (χ0v) is 10.3. The highest BCUT2D eigenvalue weighted by atomic mass is 35.5. The molecule has 1 aromatic carbocycles. The van der Waals surface area contributed by atoms with Gasteiger partial charge in [-0.05, 0) is 12.1 Å². The number of anilines is 1. The first-order valence-corrected chi connectivity index (χ1v) is 6.02. The minimum Gasteiger partial charge on any atom is -0.379 e. The third-order valence-electron chi connectivity index (χ3n) is 1.93. The molecular formula is C10H7Cl2FN2S. The number of nitrogens with zero attached hydrogens (tertiary/aromatic N) is 1. The van der Waals surface area contributed by atoms with Crippen molar-refractivity contribution in [2.45, 2.75) is 6.54 Å². The Labute approximate surface area is 106 Å². The van der Waals surface area contributed by atoms with Gasteiger partial charge >= 0.3 is 0 Å². The van der Waals surface area contributed by atoms with Crippen LogP contribution in [-0.4, -0.2) is 4.98 Å². The lowest BCUT2D eigenvalue weighted by Crippen LogP contribution is -1.98. The van der Waals surface area contributed by atoms with E-state index in [1.165, 1.54) is 17.4 Å². The van der Waals surface area contributed by atoms with Crippen LogP contribution in [-0.2, 0) is 6.54 Å². The van der Waals surface area contributed by atoms with Crippen molar-refractivity contribution in [2.75, 3.05) is 5.32 Å². The Morgan fingerprint density at radius 2 is 2.19 bits per heavy atom. The second-order valence-electron chi connectivity index (χ2n) is 3.03. The molecule has 16 heavy (non-hydrogen) atoms. The Balaban J connectivity index is 2.07. The number of benzene rings is 1. The SMILES string of the molecule is Fc1cccc(NCc2cnc(Cl)s2)c1Cl. The summed E-state index contributed by atoms with van der Waals surface area (Å²) in [4.78, 5) is 4.87. The van der Waals surface area contributed by atoms with Gasteiger partial charge in [-0.25, -0.2) is 9.37 Å². The van der Waals surface area contributed by atoms with Crippen molar-refractivity contribution < 1.29 is 4.39 Å². The van der Waals surface area contributed by atoms with Crippen molar-refractivity contribution in [3.63, 3.8) is 0 Å². The van der Waals surface area contributed by atoms with Gasteiger partial charge in [-0.1, -0.05) is 29.3 Å². The van der Waals surface area contributed by atoms with Crippen LogP contribution in [0, 0.1) is 5.82 Å². The number of nitrogens with one attached hydrogen (secondary N) is 1. The van der Waals surface area contributed by atoms with Crippen molar-refractivity contribution in [1.29, 1.82) is 0 Å². The predicted octanol–water partition coefficient (Wildman–Crippen LogP) is 4.20. The van der Waals surface area contributed by atoms with Gasteiger partial charge in [0.1, 0.15) is 5.82 Å². The molecule has 0 bridgehead atoms. The van der Waals surface area contributed by atoms with E-state index in [2.05, 4.69) is 10.3 Å². The molecule has 0 aliphatic carbocycles. The Bertz CT molecular complexity index is 501. The number of thiazole rings is 1. The topological polar surface area (TPSA) is 24.9 Å². The minimum atomic E-state index is -0.436. The highest BCUT2D eigenvalue weighted by molar-refractivity contribution is 7.15. The van der Waals surface area contributed by atoms with Crippen LogP contribution in [0.4, 0.5) is 10.1 Å². The molecule has 0 atom stereocenters. The maximum Gasteiger partial charge on any atom is 0.183 e. The zero-order chi connectivity index (χ0) is 11.5. The number of hydrogen-bond donors (Lipinski definition) is 1. The molecule has 0 unspecified atom stereocenters. The maximum atomic E-state index is 13.1. The fraction of sp³-hybridized carbons (Fsp3) is 0.100.